The molecule has 1 saturated heterocycles. The van der Waals surface area contributed by atoms with Crippen LogP contribution in [0.1, 0.15) is 31.7 Å². The van der Waals surface area contributed by atoms with Gasteiger partial charge in [0.05, 0.1) is 0 Å². The van der Waals surface area contributed by atoms with E-state index >= 15 is 0 Å². The molecular weight excluding hydrogens is 290 g/mol. The van der Waals surface area contributed by atoms with E-state index in [-0.39, 0.29) is 17.9 Å². The minimum absolute atomic E-state index is 0.0105. The number of rotatable bonds is 6. The van der Waals surface area contributed by atoms with Crippen molar-refractivity contribution >= 4 is 17.5 Å². The van der Waals surface area contributed by atoms with Crippen LogP contribution in [0.3, 0.4) is 0 Å². The van der Waals surface area contributed by atoms with Gasteiger partial charge in [0, 0.05) is 39.8 Å². The van der Waals surface area contributed by atoms with Crippen molar-refractivity contribution in [2.75, 3.05) is 32.1 Å². The number of carbonyl (C=O) groups is 2. The maximum atomic E-state index is 12.2. The Bertz CT molecular complexity index is 540. The first-order valence-corrected chi connectivity index (χ1v) is 8.30. The predicted molar refractivity (Wildman–Crippen MR) is 92.5 cm³/mol. The quantitative estimate of drug-likeness (QED) is 0.814. The molecule has 1 aliphatic rings. The molecule has 1 aromatic carbocycles. The number of amides is 2. The van der Waals surface area contributed by atoms with Gasteiger partial charge in [0.1, 0.15) is 6.04 Å². The smallest absolute Gasteiger partial charge is 0.242 e. The second-order valence-corrected chi connectivity index (χ2v) is 6.33. The summed E-state index contributed by atoms with van der Waals surface area (Å²) in [6.45, 7) is 2.88. The van der Waals surface area contributed by atoms with Crippen LogP contribution in [-0.4, -0.2) is 49.9 Å². The highest BCUT2D eigenvalue weighted by Gasteiger charge is 2.31. The second kappa shape index (κ2) is 7.99. The molecule has 0 saturated carbocycles. The van der Waals surface area contributed by atoms with Gasteiger partial charge in [-0.25, -0.2) is 0 Å². The molecule has 0 bridgehead atoms. The van der Waals surface area contributed by atoms with Crippen molar-refractivity contribution in [2.24, 2.45) is 0 Å². The van der Waals surface area contributed by atoms with E-state index in [0.717, 1.165) is 25.7 Å². The summed E-state index contributed by atoms with van der Waals surface area (Å²) in [6.07, 6.45) is 3.53. The van der Waals surface area contributed by atoms with E-state index in [1.165, 1.54) is 18.2 Å². The minimum atomic E-state index is -0.271. The van der Waals surface area contributed by atoms with Gasteiger partial charge < -0.3 is 15.1 Å². The predicted octanol–water partition coefficient (Wildman–Crippen LogP) is 1.81. The van der Waals surface area contributed by atoms with Gasteiger partial charge in [0.2, 0.25) is 11.8 Å². The van der Waals surface area contributed by atoms with Crippen LogP contribution in [0.15, 0.2) is 24.3 Å². The lowest BCUT2D eigenvalue weighted by Crippen LogP contribution is -2.45. The number of nitrogens with one attached hydrogen (secondary N) is 1. The highest BCUT2D eigenvalue weighted by atomic mass is 16.2. The Morgan fingerprint density at radius 1 is 1.26 bits per heavy atom. The molecule has 0 unspecified atom stereocenters. The lowest BCUT2D eigenvalue weighted by atomic mass is 10.1. The van der Waals surface area contributed by atoms with Crippen LogP contribution in [0, 0.1) is 0 Å². The Morgan fingerprint density at radius 2 is 1.96 bits per heavy atom. The molecule has 5 nitrogen and oxygen atoms in total. The van der Waals surface area contributed by atoms with E-state index < -0.39 is 0 Å². The molecule has 1 aliphatic heterocycles. The zero-order valence-electron chi connectivity index (χ0n) is 14.3. The van der Waals surface area contributed by atoms with Gasteiger partial charge in [-0.3, -0.25) is 9.59 Å². The molecule has 1 heterocycles. The number of anilines is 1. The van der Waals surface area contributed by atoms with Gasteiger partial charge >= 0.3 is 0 Å². The van der Waals surface area contributed by atoms with Crippen LogP contribution in [0.5, 0.6) is 0 Å². The fourth-order valence-corrected chi connectivity index (χ4v) is 3.00. The summed E-state index contributed by atoms with van der Waals surface area (Å²) >= 11 is 0. The third-order valence-electron chi connectivity index (χ3n) is 4.35. The zero-order chi connectivity index (χ0) is 16.8. The molecule has 0 radical (unpaired) electrons. The minimum Gasteiger partial charge on any atom is -0.378 e. The highest BCUT2D eigenvalue weighted by molar-refractivity contribution is 5.87. The van der Waals surface area contributed by atoms with E-state index in [1.54, 1.807) is 4.90 Å². The van der Waals surface area contributed by atoms with E-state index in [9.17, 15) is 9.59 Å². The number of likely N-dealkylation sites (tertiary alicyclic amines) is 1. The highest BCUT2D eigenvalue weighted by Crippen LogP contribution is 2.17. The number of carbonyl (C=O) groups excluding carboxylic acids is 2. The maximum Gasteiger partial charge on any atom is 0.242 e. The van der Waals surface area contributed by atoms with Crippen LogP contribution >= 0.6 is 0 Å². The Labute approximate surface area is 138 Å². The summed E-state index contributed by atoms with van der Waals surface area (Å²) in [5, 5.41) is 2.97. The Hall–Kier alpha value is -2.04. The van der Waals surface area contributed by atoms with Gasteiger partial charge in [-0.15, -0.1) is 0 Å². The molecule has 5 heteroatoms. The molecule has 1 fully saturated rings. The van der Waals surface area contributed by atoms with Crippen LogP contribution in [0.4, 0.5) is 5.69 Å². The number of hydrogen-bond acceptors (Lipinski definition) is 3. The SMILES string of the molecule is CC(=O)N1CCC[C@H]1C(=O)NCCCc1ccc(N(C)C)cc1. The topological polar surface area (TPSA) is 52.7 Å². The molecule has 1 atom stereocenters. The van der Waals surface area contributed by atoms with Crippen molar-refractivity contribution < 1.29 is 9.59 Å². The Balaban J connectivity index is 1.72. The lowest BCUT2D eigenvalue weighted by molar-refractivity contribution is -0.136. The van der Waals surface area contributed by atoms with E-state index in [2.05, 4.69) is 34.5 Å². The number of nitrogens with zero attached hydrogens (tertiary/aromatic N) is 2. The average Bonchev–Trinajstić information content (AvgIpc) is 3.01. The second-order valence-electron chi connectivity index (χ2n) is 6.33. The number of hydrogen-bond donors (Lipinski definition) is 1. The van der Waals surface area contributed by atoms with Gasteiger partial charge in [-0.2, -0.15) is 0 Å². The maximum absolute atomic E-state index is 12.2. The normalized spacial score (nSPS) is 17.2. The van der Waals surface area contributed by atoms with Crippen molar-refractivity contribution in [3.63, 3.8) is 0 Å². The molecule has 0 spiro atoms. The largest absolute Gasteiger partial charge is 0.378 e. The Kier molecular flexibility index (Phi) is 6.02. The monoisotopic (exact) mass is 317 g/mol. The molecular formula is C18H27N3O2. The first-order valence-electron chi connectivity index (χ1n) is 8.30. The number of aryl methyl sites for hydroxylation is 1. The van der Waals surface area contributed by atoms with E-state index in [1.807, 2.05) is 14.1 Å². The lowest BCUT2D eigenvalue weighted by Gasteiger charge is -2.22. The molecule has 23 heavy (non-hydrogen) atoms. The summed E-state index contributed by atoms with van der Waals surface area (Å²) < 4.78 is 0. The molecule has 126 valence electrons. The summed E-state index contributed by atoms with van der Waals surface area (Å²) in [4.78, 5) is 27.4. The van der Waals surface area contributed by atoms with Crippen LogP contribution in [-0.2, 0) is 16.0 Å². The molecule has 2 rings (SSSR count). The third kappa shape index (κ3) is 4.71. The first-order chi connectivity index (χ1) is 11.0. The molecule has 1 aromatic rings. The summed E-state index contributed by atoms with van der Waals surface area (Å²) in [5.41, 5.74) is 2.46. The van der Waals surface area contributed by atoms with Gasteiger partial charge in [0.15, 0.2) is 0 Å². The summed E-state index contributed by atoms with van der Waals surface area (Å²) in [5.74, 6) is -0.0238. The van der Waals surface area contributed by atoms with Crippen molar-refractivity contribution in [3.8, 4) is 0 Å². The van der Waals surface area contributed by atoms with Crippen molar-refractivity contribution in [1.29, 1.82) is 0 Å². The summed E-state index contributed by atoms with van der Waals surface area (Å²) in [6, 6.07) is 8.21. The van der Waals surface area contributed by atoms with Crippen molar-refractivity contribution in [1.82, 2.24) is 10.2 Å². The molecule has 0 aliphatic carbocycles. The average molecular weight is 317 g/mol. The van der Waals surface area contributed by atoms with Gasteiger partial charge in [-0.05, 0) is 43.4 Å². The third-order valence-corrected chi connectivity index (χ3v) is 4.35. The van der Waals surface area contributed by atoms with Crippen molar-refractivity contribution in [3.05, 3.63) is 29.8 Å². The van der Waals surface area contributed by atoms with E-state index in [0.29, 0.717) is 13.1 Å². The number of benzene rings is 1. The molecule has 0 aromatic heterocycles. The van der Waals surface area contributed by atoms with E-state index in [4.69, 9.17) is 0 Å². The summed E-state index contributed by atoms with van der Waals surface area (Å²) in [7, 11) is 4.05. The van der Waals surface area contributed by atoms with Gasteiger partial charge in [-0.1, -0.05) is 12.1 Å². The fourth-order valence-electron chi connectivity index (χ4n) is 3.00. The fraction of sp³-hybridized carbons (Fsp3) is 0.556. The zero-order valence-corrected chi connectivity index (χ0v) is 14.3. The standard InChI is InChI=1S/C18H27N3O2/c1-14(22)21-13-5-7-17(21)18(23)19-12-4-6-15-8-10-16(11-9-15)20(2)3/h8-11,17H,4-7,12-13H2,1-3H3,(H,19,23)/t17-/m0/s1. The Morgan fingerprint density at radius 3 is 2.57 bits per heavy atom. The van der Waals surface area contributed by atoms with Crippen LogP contribution in [0.2, 0.25) is 0 Å². The first kappa shape index (κ1) is 17.3. The van der Waals surface area contributed by atoms with Crippen LogP contribution in [0.25, 0.3) is 0 Å². The molecule has 1 N–H and O–H groups in total. The van der Waals surface area contributed by atoms with Gasteiger partial charge in [0.25, 0.3) is 0 Å². The van der Waals surface area contributed by atoms with Crippen molar-refractivity contribution in [2.45, 2.75) is 38.6 Å². The van der Waals surface area contributed by atoms with Crippen LogP contribution < -0.4 is 10.2 Å². The molecule has 2 amide bonds.